The Labute approximate surface area is 152 Å². The van der Waals surface area contributed by atoms with Crippen LogP contribution in [0.1, 0.15) is 50.7 Å². The molecule has 5 N–H and O–H groups in total. The smallest absolute Gasteiger partial charge is 0.234 e. The monoisotopic (exact) mass is 360 g/mol. The fourth-order valence-electron chi connectivity index (χ4n) is 2.45. The summed E-state index contributed by atoms with van der Waals surface area (Å²) < 4.78 is 0. The van der Waals surface area contributed by atoms with Gasteiger partial charge in [0.05, 0.1) is 5.75 Å². The second-order valence-corrected chi connectivity index (χ2v) is 7.23. The highest BCUT2D eigenvalue weighted by atomic mass is 32.2. The fourth-order valence-corrected chi connectivity index (χ4v) is 3.10. The first kappa shape index (κ1) is 19.0. The van der Waals surface area contributed by atoms with Crippen molar-refractivity contribution in [3.8, 4) is 0 Å². The van der Waals surface area contributed by atoms with Gasteiger partial charge in [0, 0.05) is 5.69 Å². The molecule has 0 spiro atoms. The predicted molar refractivity (Wildman–Crippen MR) is 103 cm³/mol. The second kappa shape index (κ2) is 8.15. The maximum Gasteiger partial charge on any atom is 0.234 e. The van der Waals surface area contributed by atoms with Crippen molar-refractivity contribution in [2.75, 3.05) is 22.5 Å². The minimum atomic E-state index is -0.127. The Bertz CT molecular complexity index is 716. The zero-order chi connectivity index (χ0) is 18.6. The lowest BCUT2D eigenvalue weighted by atomic mass is 9.92. The number of amides is 1. The molecule has 0 aliphatic rings. The number of carbonyl (C=O) groups excluding carboxylic acids is 1. The van der Waals surface area contributed by atoms with Crippen LogP contribution in [0.3, 0.4) is 0 Å². The molecule has 0 aliphatic heterocycles. The van der Waals surface area contributed by atoms with Crippen LogP contribution >= 0.6 is 11.8 Å². The van der Waals surface area contributed by atoms with Gasteiger partial charge in [0.25, 0.3) is 0 Å². The maximum atomic E-state index is 12.4. The van der Waals surface area contributed by atoms with Gasteiger partial charge in [-0.05, 0) is 23.0 Å². The van der Waals surface area contributed by atoms with Crippen molar-refractivity contribution in [3.05, 3.63) is 29.3 Å². The van der Waals surface area contributed by atoms with E-state index in [4.69, 9.17) is 11.5 Å². The van der Waals surface area contributed by atoms with Crippen LogP contribution in [0.15, 0.2) is 23.4 Å². The molecular weight excluding hydrogens is 336 g/mol. The first-order valence-corrected chi connectivity index (χ1v) is 9.09. The largest absolute Gasteiger partial charge is 0.368 e. The highest BCUT2D eigenvalue weighted by Crippen LogP contribution is 2.32. The molecule has 1 aromatic heterocycles. The summed E-state index contributed by atoms with van der Waals surface area (Å²) in [7, 11) is 0. The van der Waals surface area contributed by atoms with E-state index in [1.165, 1.54) is 11.8 Å². The van der Waals surface area contributed by atoms with E-state index in [0.717, 1.165) is 16.8 Å². The van der Waals surface area contributed by atoms with Gasteiger partial charge in [-0.15, -0.1) is 0 Å². The molecule has 0 fully saturated rings. The number of hydrogen-bond acceptors (Lipinski definition) is 7. The van der Waals surface area contributed by atoms with Gasteiger partial charge in [0.2, 0.25) is 17.8 Å². The molecule has 0 saturated heterocycles. The van der Waals surface area contributed by atoms with E-state index in [1.54, 1.807) is 0 Å². The normalized spacial score (nSPS) is 11.1. The molecule has 8 heteroatoms. The van der Waals surface area contributed by atoms with Gasteiger partial charge in [-0.1, -0.05) is 57.7 Å². The van der Waals surface area contributed by atoms with E-state index < -0.39 is 0 Å². The SMILES string of the molecule is CC(C)c1cccc(C(C)C)c1NC(=O)CSc1nc(N)nc(N)n1. The number of nitrogens with one attached hydrogen (secondary N) is 1. The highest BCUT2D eigenvalue weighted by Gasteiger charge is 2.16. The summed E-state index contributed by atoms with van der Waals surface area (Å²) in [6, 6.07) is 6.13. The van der Waals surface area contributed by atoms with Crippen molar-refractivity contribution >= 4 is 35.3 Å². The molecular formula is C17H24N6OS. The lowest BCUT2D eigenvalue weighted by Gasteiger charge is -2.20. The van der Waals surface area contributed by atoms with Crippen molar-refractivity contribution in [2.24, 2.45) is 0 Å². The van der Waals surface area contributed by atoms with Gasteiger partial charge >= 0.3 is 0 Å². The number of nitrogens with two attached hydrogens (primary N) is 2. The summed E-state index contributed by atoms with van der Waals surface area (Å²) in [5, 5.41) is 3.38. The van der Waals surface area contributed by atoms with Crippen LogP contribution in [0.5, 0.6) is 0 Å². The third-order valence-corrected chi connectivity index (χ3v) is 4.47. The average Bonchev–Trinajstić information content (AvgIpc) is 2.51. The lowest BCUT2D eigenvalue weighted by Crippen LogP contribution is -2.18. The number of carbonyl (C=O) groups is 1. The van der Waals surface area contributed by atoms with Crippen LogP contribution < -0.4 is 16.8 Å². The van der Waals surface area contributed by atoms with Gasteiger partial charge in [0.15, 0.2) is 5.16 Å². The number of nitrogen functional groups attached to an aromatic ring is 2. The third-order valence-electron chi connectivity index (χ3n) is 3.62. The molecule has 25 heavy (non-hydrogen) atoms. The quantitative estimate of drug-likeness (QED) is 0.677. The second-order valence-electron chi connectivity index (χ2n) is 6.29. The van der Waals surface area contributed by atoms with Crippen molar-refractivity contribution in [2.45, 2.75) is 44.7 Å². The average molecular weight is 360 g/mol. The molecule has 1 heterocycles. The Kier molecular flexibility index (Phi) is 6.19. The van der Waals surface area contributed by atoms with Gasteiger partial charge in [-0.3, -0.25) is 4.79 Å². The van der Waals surface area contributed by atoms with E-state index in [2.05, 4.69) is 48.0 Å². The summed E-state index contributed by atoms with van der Waals surface area (Å²) in [4.78, 5) is 24.1. The minimum absolute atomic E-state index is 0.0441. The number of benzene rings is 1. The number of thioether (sulfide) groups is 1. The standard InChI is InChI=1S/C17H24N6OS/c1-9(2)11-6-5-7-12(10(3)4)14(11)20-13(24)8-25-17-22-15(18)21-16(19)23-17/h5-7,9-10H,8H2,1-4H3,(H,20,24)(H4,18,19,21,22,23). The van der Waals surface area contributed by atoms with Crippen molar-refractivity contribution < 1.29 is 4.79 Å². The molecule has 1 amide bonds. The van der Waals surface area contributed by atoms with E-state index in [-0.39, 0.29) is 23.6 Å². The van der Waals surface area contributed by atoms with Gasteiger partial charge in [0.1, 0.15) is 0 Å². The molecule has 0 atom stereocenters. The van der Waals surface area contributed by atoms with Gasteiger partial charge in [-0.25, -0.2) is 0 Å². The molecule has 1 aromatic carbocycles. The van der Waals surface area contributed by atoms with Crippen LogP contribution in [0.4, 0.5) is 17.6 Å². The molecule has 0 bridgehead atoms. The maximum absolute atomic E-state index is 12.4. The van der Waals surface area contributed by atoms with Crippen LogP contribution in [0, 0.1) is 0 Å². The molecule has 0 unspecified atom stereocenters. The van der Waals surface area contributed by atoms with Gasteiger partial charge in [-0.2, -0.15) is 15.0 Å². The van der Waals surface area contributed by atoms with E-state index in [9.17, 15) is 4.79 Å². The third kappa shape index (κ3) is 5.06. The summed E-state index contributed by atoms with van der Waals surface area (Å²) in [5.41, 5.74) is 14.2. The molecule has 2 rings (SSSR count). The Hall–Kier alpha value is -2.35. The molecule has 0 aliphatic carbocycles. The Morgan fingerprint density at radius 1 is 1.04 bits per heavy atom. The Morgan fingerprint density at radius 3 is 2.04 bits per heavy atom. The highest BCUT2D eigenvalue weighted by molar-refractivity contribution is 7.99. The zero-order valence-electron chi connectivity index (χ0n) is 14.9. The zero-order valence-corrected chi connectivity index (χ0v) is 15.7. The Balaban J connectivity index is 2.14. The number of nitrogens with zero attached hydrogens (tertiary/aromatic N) is 3. The van der Waals surface area contributed by atoms with E-state index in [0.29, 0.717) is 17.0 Å². The van der Waals surface area contributed by atoms with E-state index in [1.807, 2.05) is 18.2 Å². The van der Waals surface area contributed by atoms with Crippen molar-refractivity contribution in [3.63, 3.8) is 0 Å². The van der Waals surface area contributed by atoms with Crippen LogP contribution in [0.25, 0.3) is 0 Å². The van der Waals surface area contributed by atoms with Crippen LogP contribution in [0.2, 0.25) is 0 Å². The number of anilines is 3. The molecule has 0 saturated carbocycles. The molecule has 2 aromatic rings. The summed E-state index contributed by atoms with van der Waals surface area (Å²) in [5.74, 6) is 0.741. The predicted octanol–water partition coefficient (Wildman–Crippen LogP) is 3.01. The minimum Gasteiger partial charge on any atom is -0.368 e. The first-order chi connectivity index (χ1) is 11.8. The molecule has 134 valence electrons. The first-order valence-electron chi connectivity index (χ1n) is 8.10. The molecule has 7 nitrogen and oxygen atoms in total. The summed E-state index contributed by atoms with van der Waals surface area (Å²) in [6.45, 7) is 8.45. The van der Waals surface area contributed by atoms with Crippen molar-refractivity contribution in [1.29, 1.82) is 0 Å². The number of rotatable bonds is 6. The summed E-state index contributed by atoms with van der Waals surface area (Å²) >= 11 is 1.17. The number of para-hydroxylation sites is 1. The lowest BCUT2D eigenvalue weighted by molar-refractivity contribution is -0.113. The Morgan fingerprint density at radius 2 is 1.56 bits per heavy atom. The fraction of sp³-hybridized carbons (Fsp3) is 0.412. The van der Waals surface area contributed by atoms with Crippen LogP contribution in [-0.4, -0.2) is 26.6 Å². The number of hydrogen-bond donors (Lipinski definition) is 3. The number of aromatic nitrogens is 3. The van der Waals surface area contributed by atoms with Crippen LogP contribution in [-0.2, 0) is 4.79 Å². The molecule has 0 radical (unpaired) electrons. The van der Waals surface area contributed by atoms with E-state index >= 15 is 0 Å². The van der Waals surface area contributed by atoms with Gasteiger partial charge < -0.3 is 16.8 Å². The van der Waals surface area contributed by atoms with Crippen molar-refractivity contribution in [1.82, 2.24) is 15.0 Å². The topological polar surface area (TPSA) is 120 Å². The summed E-state index contributed by atoms with van der Waals surface area (Å²) in [6.07, 6.45) is 0.